The molecule has 0 unspecified atom stereocenters. The topological polar surface area (TPSA) is 64.9 Å². The summed E-state index contributed by atoms with van der Waals surface area (Å²) < 4.78 is 0. The Hall–Kier alpha value is -2.64. The number of hydrogen-bond donors (Lipinski definition) is 2. The third-order valence-electron chi connectivity index (χ3n) is 4.22. The molecule has 0 aliphatic heterocycles. The lowest BCUT2D eigenvalue weighted by Crippen LogP contribution is -2.33. The van der Waals surface area contributed by atoms with Crippen LogP contribution in [0.15, 0.2) is 48.5 Å². The van der Waals surface area contributed by atoms with Gasteiger partial charge in [-0.15, -0.1) is 0 Å². The molecule has 2 aromatic rings. The van der Waals surface area contributed by atoms with Crippen LogP contribution in [0.2, 0.25) is 0 Å². The minimum atomic E-state index is -0.154. The standard InChI is InChI=1S/C21H25N3O/c1-4-16-9-11-17(12-10-16)21(15(2)3)23-14-20(25)24-19-8-6-5-7-18(19)13-22/h5-12,15,21,23H,4,14H2,1-3H3,(H,24,25)/t21-/m0/s1. The van der Waals surface area contributed by atoms with Gasteiger partial charge in [-0.2, -0.15) is 5.26 Å². The van der Waals surface area contributed by atoms with Crippen LogP contribution >= 0.6 is 0 Å². The molecule has 4 heteroatoms. The van der Waals surface area contributed by atoms with Crippen molar-refractivity contribution in [1.82, 2.24) is 5.32 Å². The first-order valence-corrected chi connectivity index (χ1v) is 8.66. The van der Waals surface area contributed by atoms with Crippen molar-refractivity contribution < 1.29 is 4.79 Å². The van der Waals surface area contributed by atoms with Gasteiger partial charge in [-0.3, -0.25) is 4.79 Å². The van der Waals surface area contributed by atoms with Crippen molar-refractivity contribution in [2.24, 2.45) is 5.92 Å². The van der Waals surface area contributed by atoms with Crippen LogP contribution in [-0.4, -0.2) is 12.5 Å². The number of nitrogens with one attached hydrogen (secondary N) is 2. The molecule has 2 N–H and O–H groups in total. The highest BCUT2D eigenvalue weighted by Crippen LogP contribution is 2.22. The van der Waals surface area contributed by atoms with Gasteiger partial charge in [0.25, 0.3) is 0 Å². The highest BCUT2D eigenvalue weighted by atomic mass is 16.1. The van der Waals surface area contributed by atoms with E-state index in [4.69, 9.17) is 5.26 Å². The van der Waals surface area contributed by atoms with Crippen molar-refractivity contribution in [3.8, 4) is 6.07 Å². The van der Waals surface area contributed by atoms with E-state index in [1.165, 1.54) is 11.1 Å². The number of carbonyl (C=O) groups excluding carboxylic acids is 1. The average molecular weight is 335 g/mol. The predicted octanol–water partition coefficient (Wildman–Crippen LogP) is 4.05. The number of nitriles is 1. The molecule has 2 aromatic carbocycles. The van der Waals surface area contributed by atoms with Crippen LogP contribution in [0.3, 0.4) is 0 Å². The summed E-state index contributed by atoms with van der Waals surface area (Å²) in [6, 6.07) is 17.7. The Morgan fingerprint density at radius 3 is 2.40 bits per heavy atom. The summed E-state index contributed by atoms with van der Waals surface area (Å²) in [6.07, 6.45) is 1.01. The summed E-state index contributed by atoms with van der Waals surface area (Å²) in [5, 5.41) is 15.2. The number of carbonyl (C=O) groups is 1. The first-order valence-electron chi connectivity index (χ1n) is 8.66. The number of benzene rings is 2. The number of nitrogens with zero attached hydrogens (tertiary/aromatic N) is 1. The monoisotopic (exact) mass is 335 g/mol. The van der Waals surface area contributed by atoms with Crippen molar-refractivity contribution in [3.63, 3.8) is 0 Å². The van der Waals surface area contributed by atoms with E-state index in [2.05, 4.69) is 61.7 Å². The van der Waals surface area contributed by atoms with Gasteiger partial charge < -0.3 is 10.6 Å². The van der Waals surface area contributed by atoms with Gasteiger partial charge in [-0.25, -0.2) is 0 Å². The Bertz CT molecular complexity index is 744. The molecule has 130 valence electrons. The Labute approximate surface area is 149 Å². The molecule has 25 heavy (non-hydrogen) atoms. The molecule has 4 nitrogen and oxygen atoms in total. The molecule has 0 aliphatic rings. The van der Waals surface area contributed by atoms with Gasteiger partial charge in [0.05, 0.1) is 17.8 Å². The normalized spacial score (nSPS) is 11.8. The van der Waals surface area contributed by atoms with E-state index in [1.807, 2.05) is 0 Å². The molecule has 0 radical (unpaired) electrons. The maximum absolute atomic E-state index is 12.3. The van der Waals surface area contributed by atoms with Crippen molar-refractivity contribution in [3.05, 3.63) is 65.2 Å². The van der Waals surface area contributed by atoms with Gasteiger partial charge >= 0.3 is 0 Å². The van der Waals surface area contributed by atoms with Gasteiger partial charge in [0.15, 0.2) is 0 Å². The molecule has 0 spiro atoms. The Kier molecular flexibility index (Phi) is 6.73. The molecule has 0 bridgehead atoms. The smallest absolute Gasteiger partial charge is 0.238 e. The van der Waals surface area contributed by atoms with E-state index in [1.54, 1.807) is 24.3 Å². The highest BCUT2D eigenvalue weighted by molar-refractivity contribution is 5.93. The molecular formula is C21H25N3O. The zero-order valence-electron chi connectivity index (χ0n) is 15.0. The quantitative estimate of drug-likeness (QED) is 0.802. The van der Waals surface area contributed by atoms with Gasteiger partial charge in [-0.1, -0.05) is 57.2 Å². The number of rotatable bonds is 7. The fourth-order valence-corrected chi connectivity index (χ4v) is 2.79. The minimum Gasteiger partial charge on any atom is -0.324 e. The van der Waals surface area contributed by atoms with Crippen LogP contribution in [-0.2, 0) is 11.2 Å². The molecule has 0 heterocycles. The van der Waals surface area contributed by atoms with E-state index in [-0.39, 0.29) is 18.5 Å². The third kappa shape index (κ3) is 5.17. The van der Waals surface area contributed by atoms with Crippen LogP contribution in [0.5, 0.6) is 0 Å². The summed E-state index contributed by atoms with van der Waals surface area (Å²) in [5.74, 6) is 0.199. The van der Waals surface area contributed by atoms with Crippen LogP contribution < -0.4 is 10.6 Å². The maximum Gasteiger partial charge on any atom is 0.238 e. The third-order valence-corrected chi connectivity index (χ3v) is 4.22. The first kappa shape index (κ1) is 18.7. The summed E-state index contributed by atoms with van der Waals surface area (Å²) in [5.41, 5.74) is 3.49. The van der Waals surface area contributed by atoms with Crippen molar-refractivity contribution >= 4 is 11.6 Å². The number of para-hydroxylation sites is 1. The van der Waals surface area contributed by atoms with Crippen molar-refractivity contribution in [2.45, 2.75) is 33.2 Å². The molecule has 1 atom stereocenters. The van der Waals surface area contributed by atoms with Crippen LogP contribution in [0.25, 0.3) is 0 Å². The second kappa shape index (κ2) is 9.00. The Morgan fingerprint density at radius 1 is 1.12 bits per heavy atom. The molecule has 0 saturated heterocycles. The lowest BCUT2D eigenvalue weighted by molar-refractivity contribution is -0.115. The van der Waals surface area contributed by atoms with E-state index >= 15 is 0 Å². The fourth-order valence-electron chi connectivity index (χ4n) is 2.79. The molecule has 0 aliphatic carbocycles. The molecule has 0 aromatic heterocycles. The van der Waals surface area contributed by atoms with Crippen molar-refractivity contribution in [2.75, 3.05) is 11.9 Å². The Morgan fingerprint density at radius 2 is 1.80 bits per heavy atom. The SMILES string of the molecule is CCc1ccc([C@@H](NCC(=O)Nc2ccccc2C#N)C(C)C)cc1. The second-order valence-corrected chi connectivity index (χ2v) is 6.40. The van der Waals surface area contributed by atoms with Crippen molar-refractivity contribution in [1.29, 1.82) is 5.26 Å². The lowest BCUT2D eigenvalue weighted by atomic mass is 9.95. The largest absolute Gasteiger partial charge is 0.324 e. The molecule has 1 amide bonds. The lowest BCUT2D eigenvalue weighted by Gasteiger charge is -2.23. The van der Waals surface area contributed by atoms with Gasteiger partial charge in [-0.05, 0) is 35.6 Å². The van der Waals surface area contributed by atoms with Crippen LogP contribution in [0, 0.1) is 17.2 Å². The maximum atomic E-state index is 12.3. The number of aryl methyl sites for hydroxylation is 1. The number of amides is 1. The Balaban J connectivity index is 2.00. The van der Waals surface area contributed by atoms with E-state index in [0.29, 0.717) is 17.2 Å². The highest BCUT2D eigenvalue weighted by Gasteiger charge is 2.17. The van der Waals surface area contributed by atoms with Gasteiger partial charge in [0.2, 0.25) is 5.91 Å². The summed E-state index contributed by atoms with van der Waals surface area (Å²) in [6.45, 7) is 6.59. The second-order valence-electron chi connectivity index (χ2n) is 6.40. The number of hydrogen-bond acceptors (Lipinski definition) is 3. The molecule has 0 fully saturated rings. The average Bonchev–Trinajstić information content (AvgIpc) is 2.62. The number of anilines is 1. The summed E-state index contributed by atoms with van der Waals surface area (Å²) in [7, 11) is 0. The molecule has 2 rings (SSSR count). The minimum absolute atomic E-state index is 0.0999. The first-order chi connectivity index (χ1) is 12.0. The van der Waals surface area contributed by atoms with Crippen LogP contribution in [0.1, 0.15) is 43.5 Å². The van der Waals surface area contributed by atoms with Crippen LogP contribution in [0.4, 0.5) is 5.69 Å². The predicted molar refractivity (Wildman–Crippen MR) is 101 cm³/mol. The molecule has 0 saturated carbocycles. The van der Waals surface area contributed by atoms with E-state index in [9.17, 15) is 4.79 Å². The van der Waals surface area contributed by atoms with E-state index in [0.717, 1.165) is 6.42 Å². The van der Waals surface area contributed by atoms with E-state index < -0.39 is 0 Å². The molecular weight excluding hydrogens is 310 g/mol. The van der Waals surface area contributed by atoms with Gasteiger partial charge in [0.1, 0.15) is 6.07 Å². The fraction of sp³-hybridized carbons (Fsp3) is 0.333. The zero-order chi connectivity index (χ0) is 18.2. The summed E-state index contributed by atoms with van der Waals surface area (Å²) in [4.78, 5) is 12.3. The van der Waals surface area contributed by atoms with Gasteiger partial charge in [0, 0.05) is 6.04 Å². The zero-order valence-corrected chi connectivity index (χ0v) is 15.0. The summed E-state index contributed by atoms with van der Waals surface area (Å²) >= 11 is 0.